The topological polar surface area (TPSA) is 49.4 Å². The number of carbonyl (C=O) groups excluding carboxylic acids is 2. The summed E-state index contributed by atoms with van der Waals surface area (Å²) >= 11 is 0. The van der Waals surface area contributed by atoms with Crippen LogP contribution in [-0.4, -0.2) is 30.2 Å². The summed E-state index contributed by atoms with van der Waals surface area (Å²) < 4.78 is 0. The molecule has 1 aliphatic carbocycles. The molecule has 3 aromatic carbocycles. The molecule has 30 heavy (non-hydrogen) atoms. The molecule has 0 bridgehead atoms. The lowest BCUT2D eigenvalue weighted by molar-refractivity contribution is -0.130. The molecule has 1 fully saturated rings. The highest BCUT2D eigenvalue weighted by Gasteiger charge is 2.74. The predicted octanol–water partition coefficient (Wildman–Crippen LogP) is 3.99. The van der Waals surface area contributed by atoms with E-state index in [1.54, 1.807) is 0 Å². The molecule has 4 heteroatoms. The van der Waals surface area contributed by atoms with E-state index in [-0.39, 0.29) is 17.6 Å². The molecule has 1 saturated heterocycles. The maximum Gasteiger partial charge on any atom is 0.250 e. The van der Waals surface area contributed by atoms with Gasteiger partial charge in [0.15, 0.2) is 5.78 Å². The molecule has 2 aliphatic heterocycles. The second-order valence-corrected chi connectivity index (χ2v) is 8.69. The number of rotatable bonds is 1. The minimum atomic E-state index is -1.03. The van der Waals surface area contributed by atoms with Gasteiger partial charge in [-0.1, -0.05) is 72.8 Å². The Balaban J connectivity index is 1.69. The Morgan fingerprint density at radius 1 is 0.900 bits per heavy atom. The van der Waals surface area contributed by atoms with Crippen LogP contribution in [0.4, 0.5) is 5.69 Å². The van der Waals surface area contributed by atoms with Crippen molar-refractivity contribution in [1.82, 2.24) is 4.90 Å². The highest BCUT2D eigenvalue weighted by Crippen LogP contribution is 2.66. The second-order valence-electron chi connectivity index (χ2n) is 8.69. The summed E-state index contributed by atoms with van der Waals surface area (Å²) in [5.74, 6) is -0.0885. The number of para-hydroxylation sites is 1. The fraction of sp³-hybridized carbons (Fsp3) is 0.231. The van der Waals surface area contributed by atoms with E-state index in [4.69, 9.17) is 0 Å². The zero-order valence-corrected chi connectivity index (χ0v) is 16.8. The lowest BCUT2D eigenvalue weighted by Crippen LogP contribution is -2.58. The van der Waals surface area contributed by atoms with Gasteiger partial charge in [-0.05, 0) is 30.7 Å². The summed E-state index contributed by atoms with van der Waals surface area (Å²) in [6.07, 6.45) is 0.563. The first-order valence-electron chi connectivity index (χ1n) is 10.4. The van der Waals surface area contributed by atoms with Crippen LogP contribution in [-0.2, 0) is 16.8 Å². The van der Waals surface area contributed by atoms with E-state index in [1.807, 2.05) is 73.8 Å². The highest BCUT2D eigenvalue weighted by atomic mass is 16.2. The Morgan fingerprint density at radius 2 is 1.60 bits per heavy atom. The lowest BCUT2D eigenvalue weighted by Gasteiger charge is -2.43. The van der Waals surface area contributed by atoms with Crippen LogP contribution in [0.3, 0.4) is 0 Å². The fourth-order valence-corrected chi connectivity index (χ4v) is 6.39. The molecule has 2 spiro atoms. The molecule has 3 aromatic rings. The van der Waals surface area contributed by atoms with Crippen LogP contribution in [0.25, 0.3) is 0 Å². The van der Waals surface area contributed by atoms with E-state index in [1.165, 1.54) is 0 Å². The zero-order chi connectivity index (χ0) is 20.5. The van der Waals surface area contributed by atoms with Crippen LogP contribution in [0, 0.1) is 5.41 Å². The Morgan fingerprint density at radius 3 is 2.40 bits per heavy atom. The Labute approximate surface area is 175 Å². The molecule has 148 valence electrons. The van der Waals surface area contributed by atoms with E-state index >= 15 is 0 Å². The molecule has 3 aliphatic rings. The third-order valence-electron chi connectivity index (χ3n) is 7.50. The minimum absolute atomic E-state index is 0.0829. The van der Waals surface area contributed by atoms with Gasteiger partial charge in [0.2, 0.25) is 0 Å². The molecule has 6 rings (SSSR count). The van der Waals surface area contributed by atoms with E-state index < -0.39 is 11.0 Å². The predicted molar refractivity (Wildman–Crippen MR) is 115 cm³/mol. The molecule has 1 N–H and O–H groups in total. The fourth-order valence-electron chi connectivity index (χ4n) is 6.39. The van der Waals surface area contributed by atoms with Crippen molar-refractivity contribution in [3.63, 3.8) is 0 Å². The van der Waals surface area contributed by atoms with Crippen molar-refractivity contribution < 1.29 is 9.59 Å². The Bertz CT molecular complexity index is 1200. The second kappa shape index (κ2) is 5.89. The van der Waals surface area contributed by atoms with Crippen molar-refractivity contribution in [3.8, 4) is 0 Å². The summed E-state index contributed by atoms with van der Waals surface area (Å²) in [5, 5.41) is 3.10. The first-order valence-corrected chi connectivity index (χ1v) is 10.4. The number of ketones is 1. The van der Waals surface area contributed by atoms with Crippen molar-refractivity contribution in [2.75, 3.05) is 18.9 Å². The number of amides is 1. The van der Waals surface area contributed by atoms with Gasteiger partial charge in [0.05, 0.1) is 5.41 Å². The van der Waals surface area contributed by atoms with Crippen LogP contribution >= 0.6 is 0 Å². The van der Waals surface area contributed by atoms with E-state index in [0.717, 1.165) is 27.9 Å². The molecule has 1 amide bonds. The van der Waals surface area contributed by atoms with Gasteiger partial charge >= 0.3 is 0 Å². The summed E-state index contributed by atoms with van der Waals surface area (Å²) in [6.45, 7) is 0.644. The van der Waals surface area contributed by atoms with E-state index in [2.05, 4.69) is 22.3 Å². The maximum absolute atomic E-state index is 14.3. The average molecular weight is 394 g/mol. The number of nitrogens with zero attached hydrogens (tertiary/aromatic N) is 1. The molecular formula is C26H22N2O2. The summed E-state index contributed by atoms with van der Waals surface area (Å²) in [7, 11) is 1.99. The number of fused-ring (bicyclic) bond motifs is 4. The summed E-state index contributed by atoms with van der Waals surface area (Å²) in [4.78, 5) is 30.2. The third-order valence-corrected chi connectivity index (χ3v) is 7.50. The van der Waals surface area contributed by atoms with Gasteiger partial charge < -0.3 is 5.32 Å². The number of likely N-dealkylation sites (tertiary alicyclic amines) is 1. The normalized spacial score (nSPS) is 29.4. The number of carbonyl (C=O) groups is 2. The molecule has 3 atom stereocenters. The van der Waals surface area contributed by atoms with Crippen LogP contribution in [0.5, 0.6) is 0 Å². The molecule has 0 saturated carbocycles. The number of hydrogen-bond acceptors (Lipinski definition) is 3. The minimum Gasteiger partial charge on any atom is -0.324 e. The van der Waals surface area contributed by atoms with Crippen molar-refractivity contribution in [1.29, 1.82) is 0 Å². The molecule has 0 unspecified atom stereocenters. The SMILES string of the molecule is CN1C[C@@H](c2ccccc2)[C@@]2(Cc3ccccc3C2=O)[C@@]12C(=O)Nc1ccccc12. The van der Waals surface area contributed by atoms with Gasteiger partial charge in [0, 0.05) is 29.3 Å². The Hall–Kier alpha value is -3.24. The van der Waals surface area contributed by atoms with Crippen molar-refractivity contribution >= 4 is 17.4 Å². The zero-order valence-electron chi connectivity index (χ0n) is 16.8. The number of nitrogens with one attached hydrogen (secondary N) is 1. The van der Waals surface area contributed by atoms with Crippen LogP contribution in [0.15, 0.2) is 78.9 Å². The third kappa shape index (κ3) is 1.86. The number of Topliss-reactive ketones (excluding diaryl/α,β-unsaturated/α-hetero) is 1. The molecule has 0 aromatic heterocycles. The smallest absolute Gasteiger partial charge is 0.250 e. The van der Waals surface area contributed by atoms with Crippen molar-refractivity contribution in [3.05, 3.63) is 101 Å². The number of anilines is 1. The van der Waals surface area contributed by atoms with Crippen LogP contribution < -0.4 is 5.32 Å². The quantitative estimate of drug-likeness (QED) is 0.679. The molecule has 2 heterocycles. The van der Waals surface area contributed by atoms with Gasteiger partial charge in [-0.25, -0.2) is 0 Å². The molecular weight excluding hydrogens is 372 g/mol. The van der Waals surface area contributed by atoms with Gasteiger partial charge in [-0.15, -0.1) is 0 Å². The largest absolute Gasteiger partial charge is 0.324 e. The van der Waals surface area contributed by atoms with Crippen LogP contribution in [0.2, 0.25) is 0 Å². The lowest BCUT2D eigenvalue weighted by atomic mass is 9.59. The standard InChI is InChI=1S/C26H22N2O2/c1-28-16-21(17-9-3-2-4-10-17)25(15-18-11-5-6-12-19(18)23(25)29)26(28)20-13-7-8-14-22(20)27-24(26)30/h2-14,21H,15-16H2,1H3,(H,27,30)/t21-,25+,26+/m0/s1. The maximum atomic E-state index is 14.3. The highest BCUT2D eigenvalue weighted by molar-refractivity contribution is 6.16. The van der Waals surface area contributed by atoms with Crippen LogP contribution in [0.1, 0.15) is 33.0 Å². The number of likely N-dealkylation sites (N-methyl/N-ethyl adjacent to an activating group) is 1. The monoisotopic (exact) mass is 394 g/mol. The van der Waals surface area contributed by atoms with Gasteiger partial charge in [0.25, 0.3) is 5.91 Å². The van der Waals surface area contributed by atoms with Gasteiger partial charge in [0.1, 0.15) is 5.54 Å². The summed E-state index contributed by atoms with van der Waals surface area (Å²) in [5.41, 5.74) is 2.72. The Kier molecular flexibility index (Phi) is 3.46. The van der Waals surface area contributed by atoms with E-state index in [9.17, 15) is 9.59 Å². The van der Waals surface area contributed by atoms with Crippen molar-refractivity contribution in [2.24, 2.45) is 5.41 Å². The molecule has 4 nitrogen and oxygen atoms in total. The number of hydrogen-bond donors (Lipinski definition) is 1. The first kappa shape index (κ1) is 17.6. The van der Waals surface area contributed by atoms with Gasteiger partial charge in [-0.2, -0.15) is 0 Å². The number of benzene rings is 3. The van der Waals surface area contributed by atoms with E-state index in [0.29, 0.717) is 13.0 Å². The molecule has 0 radical (unpaired) electrons. The van der Waals surface area contributed by atoms with Crippen molar-refractivity contribution in [2.45, 2.75) is 17.9 Å². The van der Waals surface area contributed by atoms with Gasteiger partial charge in [-0.3, -0.25) is 14.5 Å². The first-order chi connectivity index (χ1) is 14.6. The average Bonchev–Trinajstić information content (AvgIpc) is 3.34. The summed E-state index contributed by atoms with van der Waals surface area (Å²) in [6, 6.07) is 25.9.